The monoisotopic (exact) mass is 373 g/mol. The Morgan fingerprint density at radius 2 is 1.80 bits per heavy atom. The minimum atomic E-state index is -0.452. The molecule has 0 spiro atoms. The summed E-state index contributed by atoms with van der Waals surface area (Å²) in [7, 11) is 0. The van der Waals surface area contributed by atoms with Crippen molar-refractivity contribution in [3.05, 3.63) is 76.5 Å². The third-order valence-corrected chi connectivity index (χ3v) is 4.05. The molecule has 0 fully saturated rings. The molecule has 0 aliphatic heterocycles. The van der Waals surface area contributed by atoms with Gasteiger partial charge >= 0.3 is 6.03 Å². The summed E-state index contributed by atoms with van der Waals surface area (Å²) in [4.78, 5) is 11.7. The van der Waals surface area contributed by atoms with Crippen LogP contribution in [0.25, 0.3) is 11.3 Å². The Kier molecular flexibility index (Phi) is 5.38. The molecule has 0 unspecified atom stereocenters. The van der Waals surface area contributed by atoms with Gasteiger partial charge in [-0.25, -0.2) is 10.2 Å². The van der Waals surface area contributed by atoms with E-state index >= 15 is 0 Å². The maximum atomic E-state index is 11.7. The Bertz CT molecular complexity index is 908. The standard InChI is InChI=1S/C18H13Cl2N3O2/c19-15-8-4-7-14(17(15)20)16-10-9-13(25-16)11-21-23-18(24)22-12-5-2-1-3-6-12/h1-11H,(H2,22,23,24). The zero-order valence-electron chi connectivity index (χ0n) is 12.9. The lowest BCUT2D eigenvalue weighted by atomic mass is 10.2. The van der Waals surface area contributed by atoms with Gasteiger partial charge in [-0.15, -0.1) is 0 Å². The van der Waals surface area contributed by atoms with Crippen LogP contribution in [0, 0.1) is 0 Å². The lowest BCUT2D eigenvalue weighted by molar-refractivity contribution is 0.252. The second kappa shape index (κ2) is 7.88. The Balaban J connectivity index is 1.62. The highest BCUT2D eigenvalue weighted by Gasteiger charge is 2.10. The topological polar surface area (TPSA) is 66.6 Å². The molecule has 0 bridgehead atoms. The van der Waals surface area contributed by atoms with Gasteiger partial charge in [-0.3, -0.25) is 0 Å². The molecule has 126 valence electrons. The van der Waals surface area contributed by atoms with Gasteiger partial charge in [-0.1, -0.05) is 47.5 Å². The maximum absolute atomic E-state index is 11.7. The first-order chi connectivity index (χ1) is 12.1. The summed E-state index contributed by atoms with van der Waals surface area (Å²) < 4.78 is 5.64. The first-order valence-electron chi connectivity index (χ1n) is 7.33. The van der Waals surface area contributed by atoms with Gasteiger partial charge in [0.15, 0.2) is 0 Å². The molecule has 2 N–H and O–H groups in total. The van der Waals surface area contributed by atoms with Crippen molar-refractivity contribution in [2.45, 2.75) is 0 Å². The van der Waals surface area contributed by atoms with Crippen LogP contribution in [-0.4, -0.2) is 12.2 Å². The molecule has 0 radical (unpaired) electrons. The first kappa shape index (κ1) is 17.1. The van der Waals surface area contributed by atoms with Gasteiger partial charge in [-0.05, 0) is 36.4 Å². The smallest absolute Gasteiger partial charge is 0.339 e. The molecular formula is C18H13Cl2N3O2. The lowest BCUT2D eigenvalue weighted by Gasteiger charge is -2.03. The predicted molar refractivity (Wildman–Crippen MR) is 100 cm³/mol. The number of rotatable bonds is 4. The van der Waals surface area contributed by atoms with Crippen LogP contribution in [0.1, 0.15) is 5.76 Å². The van der Waals surface area contributed by atoms with Crippen molar-refractivity contribution < 1.29 is 9.21 Å². The Morgan fingerprint density at radius 1 is 1.00 bits per heavy atom. The van der Waals surface area contributed by atoms with Crippen LogP contribution in [-0.2, 0) is 0 Å². The number of furan rings is 1. The molecule has 0 saturated carbocycles. The van der Waals surface area contributed by atoms with Crippen molar-refractivity contribution in [1.82, 2.24) is 5.43 Å². The highest BCUT2D eigenvalue weighted by atomic mass is 35.5. The fraction of sp³-hybridized carbons (Fsp3) is 0. The number of nitrogens with one attached hydrogen (secondary N) is 2. The van der Waals surface area contributed by atoms with Gasteiger partial charge in [0.05, 0.1) is 16.3 Å². The van der Waals surface area contributed by atoms with Crippen molar-refractivity contribution in [2.24, 2.45) is 5.10 Å². The molecule has 3 rings (SSSR count). The van der Waals surface area contributed by atoms with Crippen molar-refractivity contribution in [1.29, 1.82) is 0 Å². The Labute approximate surface area is 154 Å². The first-order valence-corrected chi connectivity index (χ1v) is 8.08. The minimum Gasteiger partial charge on any atom is -0.455 e. The molecule has 0 aliphatic carbocycles. The van der Waals surface area contributed by atoms with Gasteiger partial charge in [0.25, 0.3) is 0 Å². The highest BCUT2D eigenvalue weighted by Crippen LogP contribution is 2.34. The zero-order chi connectivity index (χ0) is 17.6. The minimum absolute atomic E-state index is 0.419. The number of carbonyl (C=O) groups is 1. The number of carbonyl (C=O) groups excluding carboxylic acids is 1. The summed E-state index contributed by atoms with van der Waals surface area (Å²) in [5.41, 5.74) is 3.72. The molecule has 25 heavy (non-hydrogen) atoms. The molecular weight excluding hydrogens is 361 g/mol. The van der Waals surface area contributed by atoms with Crippen LogP contribution >= 0.6 is 23.2 Å². The molecule has 7 heteroatoms. The van der Waals surface area contributed by atoms with Gasteiger partial charge in [0.1, 0.15) is 11.5 Å². The highest BCUT2D eigenvalue weighted by molar-refractivity contribution is 6.43. The van der Waals surface area contributed by atoms with Gasteiger partial charge in [-0.2, -0.15) is 5.10 Å². The molecule has 1 heterocycles. The van der Waals surface area contributed by atoms with E-state index < -0.39 is 6.03 Å². The number of halogens is 2. The molecule has 2 amide bonds. The number of benzene rings is 2. The average Bonchev–Trinajstić information content (AvgIpc) is 3.07. The molecule has 3 aromatic rings. The third kappa shape index (κ3) is 4.41. The summed E-state index contributed by atoms with van der Waals surface area (Å²) in [6, 6.07) is 17.4. The van der Waals surface area contributed by atoms with Crippen molar-refractivity contribution in [3.8, 4) is 11.3 Å². The number of hydrogen-bond acceptors (Lipinski definition) is 3. The van der Waals surface area contributed by atoms with Crippen molar-refractivity contribution in [2.75, 3.05) is 5.32 Å². The van der Waals surface area contributed by atoms with E-state index in [1.165, 1.54) is 6.21 Å². The number of urea groups is 1. The molecule has 2 aromatic carbocycles. The third-order valence-electron chi connectivity index (χ3n) is 3.23. The quantitative estimate of drug-likeness (QED) is 0.474. The van der Waals surface area contributed by atoms with Gasteiger partial charge < -0.3 is 9.73 Å². The van der Waals surface area contributed by atoms with Crippen molar-refractivity contribution in [3.63, 3.8) is 0 Å². The van der Waals surface area contributed by atoms with Gasteiger partial charge in [0, 0.05) is 11.3 Å². The van der Waals surface area contributed by atoms with E-state index in [-0.39, 0.29) is 0 Å². The summed E-state index contributed by atoms with van der Waals surface area (Å²) in [5, 5.41) is 7.36. The fourth-order valence-electron chi connectivity index (χ4n) is 2.10. The number of hydrogen-bond donors (Lipinski definition) is 2. The summed E-state index contributed by atoms with van der Waals surface area (Å²) in [5.74, 6) is 1.02. The van der Waals surface area contributed by atoms with Crippen LogP contribution < -0.4 is 10.7 Å². The zero-order valence-corrected chi connectivity index (χ0v) is 14.4. The van der Waals surface area contributed by atoms with Crippen LogP contribution in [0.15, 0.2) is 70.2 Å². The summed E-state index contributed by atoms with van der Waals surface area (Å²) >= 11 is 12.2. The normalized spacial score (nSPS) is 10.8. The molecule has 5 nitrogen and oxygen atoms in total. The summed E-state index contributed by atoms with van der Waals surface area (Å²) in [6.45, 7) is 0. The van der Waals surface area contributed by atoms with E-state index in [0.29, 0.717) is 32.8 Å². The largest absolute Gasteiger partial charge is 0.455 e. The van der Waals surface area contributed by atoms with E-state index in [4.69, 9.17) is 27.6 Å². The SMILES string of the molecule is O=C(NN=Cc1ccc(-c2cccc(Cl)c2Cl)o1)Nc1ccccc1. The van der Waals surface area contributed by atoms with Crippen LogP contribution in [0.5, 0.6) is 0 Å². The molecule has 0 saturated heterocycles. The maximum Gasteiger partial charge on any atom is 0.339 e. The summed E-state index contributed by atoms with van der Waals surface area (Å²) in [6.07, 6.45) is 1.40. The average molecular weight is 374 g/mol. The van der Waals surface area contributed by atoms with Crippen LogP contribution in [0.2, 0.25) is 10.0 Å². The number of anilines is 1. The van der Waals surface area contributed by atoms with E-state index in [1.807, 2.05) is 18.2 Å². The van der Waals surface area contributed by atoms with Crippen LogP contribution in [0.3, 0.4) is 0 Å². The van der Waals surface area contributed by atoms with E-state index in [1.54, 1.807) is 42.5 Å². The number of hydrazone groups is 1. The van der Waals surface area contributed by atoms with E-state index in [9.17, 15) is 4.79 Å². The Morgan fingerprint density at radius 3 is 2.60 bits per heavy atom. The lowest BCUT2D eigenvalue weighted by Crippen LogP contribution is -2.24. The molecule has 1 aromatic heterocycles. The number of amides is 2. The molecule has 0 atom stereocenters. The second-order valence-corrected chi connectivity index (χ2v) is 5.78. The van der Waals surface area contributed by atoms with E-state index in [0.717, 1.165) is 0 Å². The number of para-hydroxylation sites is 1. The van der Waals surface area contributed by atoms with Crippen LogP contribution in [0.4, 0.5) is 10.5 Å². The van der Waals surface area contributed by atoms with Gasteiger partial charge in [0.2, 0.25) is 0 Å². The molecule has 0 aliphatic rings. The predicted octanol–water partition coefficient (Wildman–Crippen LogP) is 5.41. The van der Waals surface area contributed by atoms with Crippen molar-refractivity contribution >= 4 is 41.1 Å². The van der Waals surface area contributed by atoms with E-state index in [2.05, 4.69) is 15.8 Å². The Hall–Kier alpha value is -2.76. The number of nitrogens with zero attached hydrogens (tertiary/aromatic N) is 1. The fourth-order valence-corrected chi connectivity index (χ4v) is 2.49. The second-order valence-electron chi connectivity index (χ2n) is 4.99.